The maximum Gasteiger partial charge on any atom is 0.0547 e. The molecule has 76 heavy (non-hydrogen) atoms. The highest BCUT2D eigenvalue weighted by Crippen LogP contribution is 3.30. The van der Waals surface area contributed by atoms with Crippen LogP contribution in [0.25, 0.3) is 60.9 Å². The average molecular weight is 1360 g/mol. The smallest absolute Gasteiger partial charge is 0.0547 e. The van der Waals surface area contributed by atoms with Gasteiger partial charge in [-0.25, -0.2) is 0 Å². The van der Waals surface area contributed by atoms with E-state index in [9.17, 15) is 0 Å². The Balaban J connectivity index is 0.000000281. The van der Waals surface area contributed by atoms with Crippen molar-refractivity contribution < 1.29 is 0 Å². The molecule has 1 aromatic heterocycles. The van der Waals surface area contributed by atoms with Crippen LogP contribution < -0.4 is 4.90 Å². The average Bonchev–Trinajstić information content (AvgIpc) is 4.03. The number of aromatic nitrogens is 1. The number of anilines is 3. The molecule has 0 saturated carbocycles. The summed E-state index contributed by atoms with van der Waals surface area (Å²) in [6.07, 6.45) is 0. The van der Waals surface area contributed by atoms with Crippen LogP contribution in [-0.2, 0) is 10.8 Å². The van der Waals surface area contributed by atoms with Crippen molar-refractivity contribution in [3.63, 3.8) is 0 Å². The van der Waals surface area contributed by atoms with E-state index in [0.29, 0.717) is 0 Å². The fourth-order valence-corrected chi connectivity index (χ4v) is 238. The normalized spacial score (nSPS) is 14.6. The van der Waals surface area contributed by atoms with Gasteiger partial charge in [0, 0.05) is 44.0 Å². The third-order valence-electron chi connectivity index (χ3n) is 14.4. The molecule has 390 valence electrons. The molecule has 22 heteroatoms. The molecule has 8 aromatic carbocycles. The first-order valence-electron chi connectivity index (χ1n) is 24.2. The molecular formula is C54H64N2P20. The first-order chi connectivity index (χ1) is 36.4. The van der Waals surface area contributed by atoms with Gasteiger partial charge in [-0.3, -0.25) is 0 Å². The van der Waals surface area contributed by atoms with Gasteiger partial charge in [-0.05, 0) is 144 Å². The van der Waals surface area contributed by atoms with Gasteiger partial charge in [0.1, 0.15) is 0 Å². The lowest BCUT2D eigenvalue weighted by Gasteiger charge is -2.45. The fourth-order valence-electron chi connectivity index (χ4n) is 11.1. The molecule has 0 saturated heterocycles. The quantitative estimate of drug-likeness (QED) is 0.104. The van der Waals surface area contributed by atoms with E-state index in [2.05, 4.69) is 317 Å². The van der Waals surface area contributed by atoms with Crippen LogP contribution in [0.4, 0.5) is 17.1 Å². The third kappa shape index (κ3) is 11.7. The van der Waals surface area contributed by atoms with Gasteiger partial charge in [0.25, 0.3) is 0 Å². The van der Waals surface area contributed by atoms with Gasteiger partial charge < -0.3 is 9.47 Å². The summed E-state index contributed by atoms with van der Waals surface area (Å²) in [5.74, 6) is 0. The van der Waals surface area contributed by atoms with Crippen LogP contribution >= 0.6 is 161 Å². The number of hydrogen-bond donors (Lipinski definition) is 0. The molecule has 0 amide bonds. The molecule has 12 atom stereocenters. The van der Waals surface area contributed by atoms with E-state index in [1.54, 1.807) is 0 Å². The van der Waals surface area contributed by atoms with Crippen LogP contribution in [-0.4, -0.2) is 4.57 Å². The lowest BCUT2D eigenvalue weighted by atomic mass is 9.82. The van der Waals surface area contributed by atoms with Gasteiger partial charge in [-0.2, -0.15) is 0 Å². The Labute approximate surface area is 487 Å². The van der Waals surface area contributed by atoms with Gasteiger partial charge in [-0.1, -0.05) is 167 Å². The maximum absolute atomic E-state index is 3.29. The minimum Gasteiger partial charge on any atom is -0.309 e. The van der Waals surface area contributed by atoms with E-state index in [1.807, 2.05) is 0 Å². The predicted molar refractivity (Wildman–Crippen MR) is 405 cm³/mol. The number of hydrogen-bond acceptors (Lipinski definition) is 1. The van der Waals surface area contributed by atoms with E-state index < -0.39 is 0 Å². The van der Waals surface area contributed by atoms with Crippen LogP contribution in [0.1, 0.15) is 49.9 Å². The van der Waals surface area contributed by atoms with Gasteiger partial charge in [-0.15, -0.1) is 98.2 Å². The van der Waals surface area contributed by atoms with E-state index in [4.69, 9.17) is 0 Å². The minimum atomic E-state index is -0.129. The zero-order valence-electron chi connectivity index (χ0n) is 42.6. The van der Waals surface area contributed by atoms with Crippen molar-refractivity contribution in [3.05, 3.63) is 204 Å². The summed E-state index contributed by atoms with van der Waals surface area (Å²) >= 11 is 0. The lowest BCUT2D eigenvalue weighted by molar-refractivity contribution is 0.660. The van der Waals surface area contributed by atoms with Gasteiger partial charge >= 0.3 is 0 Å². The van der Waals surface area contributed by atoms with Crippen LogP contribution in [0.5, 0.6) is 0 Å². The molecule has 0 aliphatic heterocycles. The molecule has 2 nitrogen and oxygen atoms in total. The van der Waals surface area contributed by atoms with Crippen LogP contribution in [0.3, 0.4) is 0 Å². The number of benzene rings is 8. The zero-order valence-corrected chi connectivity index (χ0v) is 63.3. The SMILES string of the molecule is CC1(C)c2ccccc2-c2c(N(c3ccccc3-c3ccc4c5ccccc5n(-c5ccccc5)c4c3)c3cccc4c3-c3ccccc3C4(C)C)cccc21.PP(P)P(P)P(P(P(P)P)P(P)P)P(P(P)P)P(P)P. The first-order valence-corrected chi connectivity index (χ1v) is 59.7. The molecule has 0 fully saturated rings. The molecule has 0 bridgehead atoms. The number of rotatable bonds is 13. The molecule has 9 aromatic rings. The van der Waals surface area contributed by atoms with Crippen LogP contribution in [0, 0.1) is 0 Å². The largest absolute Gasteiger partial charge is 0.309 e. The highest BCUT2D eigenvalue weighted by atomic mass is 33.4. The summed E-state index contributed by atoms with van der Waals surface area (Å²) in [4.78, 5) is 2.58. The monoisotopic (exact) mass is 1360 g/mol. The Bertz CT molecular complexity index is 3440. The Kier molecular flexibility index (Phi) is 20.8. The highest BCUT2D eigenvalue weighted by Gasteiger charge is 2.43. The highest BCUT2D eigenvalue weighted by molar-refractivity contribution is 9.36. The molecular weight excluding hydrogens is 1300 g/mol. The number of nitrogens with zero attached hydrogens (tertiary/aromatic N) is 2. The minimum absolute atomic E-state index is 0.0247. The predicted octanol–water partition coefficient (Wildman–Crippen LogP) is 25.9. The second kappa shape index (κ2) is 25.9. The van der Waals surface area contributed by atoms with E-state index in [0.717, 1.165) is 11.4 Å². The van der Waals surface area contributed by atoms with Crippen molar-refractivity contribution >= 4 is 200 Å². The molecule has 0 N–H and O–H groups in total. The molecule has 2 aliphatic carbocycles. The topological polar surface area (TPSA) is 8.17 Å². The second-order valence-corrected chi connectivity index (χ2v) is 98.2. The van der Waals surface area contributed by atoms with E-state index >= 15 is 0 Å². The molecule has 2 aliphatic rings. The van der Waals surface area contributed by atoms with Crippen molar-refractivity contribution in [2.45, 2.75) is 38.5 Å². The summed E-state index contributed by atoms with van der Waals surface area (Å²) < 4.78 is 2.42. The second-order valence-electron chi connectivity index (χ2n) is 19.5. The molecule has 0 spiro atoms. The Morgan fingerprint density at radius 1 is 0.355 bits per heavy atom. The fraction of sp³-hybridized carbons (Fsp3) is 0.111. The van der Waals surface area contributed by atoms with Crippen molar-refractivity contribution in [2.24, 2.45) is 0 Å². The number of fused-ring (bicyclic) bond motifs is 9. The standard InChI is InChI=1S/C54H42N2.H22P20/c1-53(2)42-24-12-8-22-40(42)51-44(53)26-16-30-48(51)56(49-31-17-27-45-52(49)41-23-9-13-25-43(41)54(45,3)4)46-28-14-10-20-37(46)35-32-33-39-38-21-11-15-29-47(38)55(50(39)34-35)36-18-6-5-7-19-36;1-12(2)17(11)20(18(13(3)4)14(5)6)19(15(7)8)16(9)10/h5-34H,1-4H3;1-11H2. The van der Waals surface area contributed by atoms with Crippen LogP contribution in [0.15, 0.2) is 182 Å². The summed E-state index contributed by atoms with van der Waals surface area (Å²) in [5.41, 5.74) is 19.9. The van der Waals surface area contributed by atoms with E-state index in [1.165, 1.54) is 88.8 Å². The van der Waals surface area contributed by atoms with Crippen LogP contribution in [0.2, 0.25) is 0 Å². The molecule has 1 heterocycles. The molecule has 12 unspecified atom stereocenters. The van der Waals surface area contributed by atoms with Gasteiger partial charge in [0.2, 0.25) is 0 Å². The summed E-state index contributed by atoms with van der Waals surface area (Å²) in [6, 6.07) is 67.5. The third-order valence-corrected chi connectivity index (χ3v) is 140. The summed E-state index contributed by atoms with van der Waals surface area (Å²) in [7, 11) is 34.7. The Morgan fingerprint density at radius 2 is 0.776 bits per heavy atom. The zero-order chi connectivity index (χ0) is 54.0. The van der Waals surface area contributed by atoms with Crippen molar-refractivity contribution in [3.8, 4) is 39.1 Å². The summed E-state index contributed by atoms with van der Waals surface area (Å²) in [6.45, 7) is 10.1. The van der Waals surface area contributed by atoms with Crippen molar-refractivity contribution in [2.75, 3.05) is 4.90 Å². The summed E-state index contributed by atoms with van der Waals surface area (Å²) in [5, 5.41) is 2.51. The van der Waals surface area contributed by atoms with Crippen molar-refractivity contribution in [1.82, 2.24) is 4.57 Å². The van der Waals surface area contributed by atoms with E-state index in [-0.39, 0.29) is 73.7 Å². The van der Waals surface area contributed by atoms with Gasteiger partial charge in [0.05, 0.1) is 28.1 Å². The maximum atomic E-state index is 3.29. The number of para-hydroxylation sites is 3. The Hall–Kier alpha value is 1.96. The van der Waals surface area contributed by atoms with Crippen molar-refractivity contribution in [1.29, 1.82) is 0 Å². The molecule has 0 radical (unpaired) electrons. The lowest BCUT2D eigenvalue weighted by Crippen LogP contribution is -2.17. The Morgan fingerprint density at radius 3 is 1.29 bits per heavy atom. The first kappa shape index (κ1) is 61.1. The molecule has 11 rings (SSSR count). The van der Waals surface area contributed by atoms with Gasteiger partial charge in [0.15, 0.2) is 0 Å².